The van der Waals surface area contributed by atoms with E-state index in [4.69, 9.17) is 16.3 Å². The second-order valence-corrected chi connectivity index (χ2v) is 7.97. The molecule has 0 spiro atoms. The Hall–Kier alpha value is -2.56. The molecule has 1 aliphatic heterocycles. The number of hydrogen-bond acceptors (Lipinski definition) is 3. The SMILES string of the molecule is O=C(c1cccc2ccccc12)N1CCN(CCc2ccc(OCCCl)cc2)CC1. The van der Waals surface area contributed by atoms with Gasteiger partial charge in [0.25, 0.3) is 5.91 Å². The van der Waals surface area contributed by atoms with E-state index in [0.29, 0.717) is 12.5 Å². The molecule has 1 heterocycles. The average Bonchev–Trinajstić information content (AvgIpc) is 2.81. The third kappa shape index (κ3) is 4.94. The quantitative estimate of drug-likeness (QED) is 0.527. The van der Waals surface area contributed by atoms with Crippen LogP contribution in [0, 0.1) is 0 Å². The van der Waals surface area contributed by atoms with Gasteiger partial charge in [0.05, 0.1) is 5.88 Å². The zero-order chi connectivity index (χ0) is 20.8. The number of ether oxygens (including phenoxy) is 1. The molecule has 4 nitrogen and oxygen atoms in total. The lowest BCUT2D eigenvalue weighted by Gasteiger charge is -2.35. The fourth-order valence-electron chi connectivity index (χ4n) is 3.95. The molecule has 30 heavy (non-hydrogen) atoms. The zero-order valence-corrected chi connectivity index (χ0v) is 17.9. The van der Waals surface area contributed by atoms with E-state index in [1.807, 2.05) is 47.4 Å². The summed E-state index contributed by atoms with van der Waals surface area (Å²) in [5, 5.41) is 2.15. The highest BCUT2D eigenvalue weighted by atomic mass is 35.5. The van der Waals surface area contributed by atoms with Crippen molar-refractivity contribution in [3.63, 3.8) is 0 Å². The van der Waals surface area contributed by atoms with E-state index >= 15 is 0 Å². The van der Waals surface area contributed by atoms with Crippen LogP contribution in [0.3, 0.4) is 0 Å². The number of amides is 1. The van der Waals surface area contributed by atoms with Gasteiger partial charge in [0.15, 0.2) is 0 Å². The zero-order valence-electron chi connectivity index (χ0n) is 17.1. The van der Waals surface area contributed by atoms with Gasteiger partial charge in [-0.3, -0.25) is 9.69 Å². The molecule has 4 rings (SSSR count). The van der Waals surface area contributed by atoms with Crippen LogP contribution < -0.4 is 4.74 Å². The fraction of sp³-hybridized carbons (Fsp3) is 0.320. The smallest absolute Gasteiger partial charge is 0.254 e. The Morgan fingerprint density at radius 3 is 2.40 bits per heavy atom. The van der Waals surface area contributed by atoms with Gasteiger partial charge in [-0.25, -0.2) is 0 Å². The molecule has 0 unspecified atom stereocenters. The standard InChI is InChI=1S/C25H27ClN2O2/c26-13-19-30-22-10-8-20(9-11-22)12-14-27-15-17-28(18-16-27)25(29)24-7-3-5-21-4-1-2-6-23(21)24/h1-11H,12-19H2. The molecule has 5 heteroatoms. The van der Waals surface area contributed by atoms with Gasteiger partial charge in [-0.05, 0) is 41.0 Å². The molecule has 0 saturated carbocycles. The molecule has 1 fully saturated rings. The Morgan fingerprint density at radius 1 is 0.900 bits per heavy atom. The summed E-state index contributed by atoms with van der Waals surface area (Å²) < 4.78 is 5.52. The van der Waals surface area contributed by atoms with Crippen LogP contribution in [0.5, 0.6) is 5.75 Å². The first-order chi connectivity index (χ1) is 14.7. The summed E-state index contributed by atoms with van der Waals surface area (Å²) in [6.07, 6.45) is 0.993. The van der Waals surface area contributed by atoms with E-state index in [-0.39, 0.29) is 5.91 Å². The van der Waals surface area contributed by atoms with Gasteiger partial charge in [0, 0.05) is 38.3 Å². The number of hydrogen-bond donors (Lipinski definition) is 0. The Morgan fingerprint density at radius 2 is 1.63 bits per heavy atom. The van der Waals surface area contributed by atoms with Crippen LogP contribution in [0.4, 0.5) is 0 Å². The number of halogens is 1. The van der Waals surface area contributed by atoms with Crippen molar-refractivity contribution < 1.29 is 9.53 Å². The van der Waals surface area contributed by atoms with Gasteiger partial charge in [0.1, 0.15) is 12.4 Å². The Bertz CT molecular complexity index is 977. The third-order valence-electron chi connectivity index (χ3n) is 5.67. The molecule has 0 aromatic heterocycles. The highest BCUT2D eigenvalue weighted by Gasteiger charge is 2.23. The molecular weight excluding hydrogens is 396 g/mol. The average molecular weight is 423 g/mol. The molecule has 3 aromatic rings. The summed E-state index contributed by atoms with van der Waals surface area (Å²) in [6.45, 7) is 4.89. The van der Waals surface area contributed by atoms with Gasteiger partial charge in [-0.2, -0.15) is 0 Å². The van der Waals surface area contributed by atoms with Crippen molar-refractivity contribution in [3.05, 3.63) is 77.9 Å². The van der Waals surface area contributed by atoms with Crippen molar-refractivity contribution >= 4 is 28.3 Å². The summed E-state index contributed by atoms with van der Waals surface area (Å²) in [7, 11) is 0. The van der Waals surface area contributed by atoms with Gasteiger partial charge >= 0.3 is 0 Å². The molecule has 0 radical (unpaired) electrons. The number of rotatable bonds is 7. The van der Waals surface area contributed by atoms with E-state index in [1.54, 1.807) is 0 Å². The Kier molecular flexibility index (Phi) is 6.88. The highest BCUT2D eigenvalue weighted by Crippen LogP contribution is 2.21. The molecule has 156 valence electrons. The van der Waals surface area contributed by atoms with Crippen LogP contribution in [0.25, 0.3) is 10.8 Å². The van der Waals surface area contributed by atoms with Gasteiger partial charge in [0.2, 0.25) is 0 Å². The van der Waals surface area contributed by atoms with E-state index in [9.17, 15) is 4.79 Å². The summed E-state index contributed by atoms with van der Waals surface area (Å²) in [5.41, 5.74) is 2.10. The lowest BCUT2D eigenvalue weighted by atomic mass is 10.0. The van der Waals surface area contributed by atoms with Gasteiger partial charge < -0.3 is 9.64 Å². The molecule has 0 atom stereocenters. The molecule has 3 aromatic carbocycles. The summed E-state index contributed by atoms with van der Waals surface area (Å²) in [5.74, 6) is 1.50. The maximum absolute atomic E-state index is 13.1. The van der Waals surface area contributed by atoms with Crippen LogP contribution in [0.15, 0.2) is 66.7 Å². The second-order valence-electron chi connectivity index (χ2n) is 7.59. The molecular formula is C25H27ClN2O2. The predicted octanol–water partition coefficient (Wildman–Crippen LogP) is 4.46. The van der Waals surface area contributed by atoms with Crippen LogP contribution >= 0.6 is 11.6 Å². The van der Waals surface area contributed by atoms with Crippen molar-refractivity contribution in [3.8, 4) is 5.75 Å². The second kappa shape index (κ2) is 9.96. The monoisotopic (exact) mass is 422 g/mol. The van der Waals surface area contributed by atoms with Gasteiger partial charge in [-0.1, -0.05) is 48.5 Å². The van der Waals surface area contributed by atoms with E-state index in [1.165, 1.54) is 5.56 Å². The van der Waals surface area contributed by atoms with E-state index < -0.39 is 0 Å². The Labute approximate surface area is 183 Å². The minimum absolute atomic E-state index is 0.138. The molecule has 1 saturated heterocycles. The fourth-order valence-corrected chi connectivity index (χ4v) is 4.03. The Balaban J connectivity index is 1.29. The van der Waals surface area contributed by atoms with Crippen molar-refractivity contribution in [1.29, 1.82) is 0 Å². The predicted molar refractivity (Wildman–Crippen MR) is 123 cm³/mol. The number of nitrogens with zero attached hydrogens (tertiary/aromatic N) is 2. The topological polar surface area (TPSA) is 32.8 Å². The van der Waals surface area contributed by atoms with E-state index in [0.717, 1.165) is 61.2 Å². The first-order valence-electron chi connectivity index (χ1n) is 10.5. The van der Waals surface area contributed by atoms with Crippen molar-refractivity contribution in [1.82, 2.24) is 9.80 Å². The summed E-state index contributed by atoms with van der Waals surface area (Å²) in [6, 6.07) is 22.3. The van der Waals surface area contributed by atoms with Crippen molar-refractivity contribution in [2.75, 3.05) is 45.2 Å². The normalized spacial score (nSPS) is 14.8. The largest absolute Gasteiger partial charge is 0.492 e. The van der Waals surface area contributed by atoms with Gasteiger partial charge in [-0.15, -0.1) is 11.6 Å². The van der Waals surface area contributed by atoms with E-state index in [2.05, 4.69) is 29.2 Å². The maximum atomic E-state index is 13.1. The van der Waals surface area contributed by atoms with Crippen molar-refractivity contribution in [2.24, 2.45) is 0 Å². The molecule has 0 N–H and O–H groups in total. The summed E-state index contributed by atoms with van der Waals surface area (Å²) in [4.78, 5) is 17.5. The van der Waals surface area contributed by atoms with Crippen LogP contribution in [0.1, 0.15) is 15.9 Å². The molecule has 1 amide bonds. The minimum atomic E-state index is 0.138. The number of carbonyl (C=O) groups is 1. The number of benzene rings is 3. The van der Waals surface area contributed by atoms with Crippen molar-refractivity contribution in [2.45, 2.75) is 6.42 Å². The minimum Gasteiger partial charge on any atom is -0.492 e. The number of alkyl halides is 1. The lowest BCUT2D eigenvalue weighted by Crippen LogP contribution is -2.49. The first-order valence-corrected chi connectivity index (χ1v) is 11.0. The molecule has 0 aliphatic carbocycles. The third-order valence-corrected chi connectivity index (χ3v) is 5.82. The number of piperazine rings is 1. The molecule has 1 aliphatic rings. The number of carbonyl (C=O) groups excluding carboxylic acids is 1. The van der Waals surface area contributed by atoms with Crippen LogP contribution in [0.2, 0.25) is 0 Å². The van der Waals surface area contributed by atoms with Crippen LogP contribution in [-0.4, -0.2) is 60.9 Å². The molecule has 0 bridgehead atoms. The number of fused-ring (bicyclic) bond motifs is 1. The summed E-state index contributed by atoms with van der Waals surface area (Å²) >= 11 is 5.65. The maximum Gasteiger partial charge on any atom is 0.254 e. The lowest BCUT2D eigenvalue weighted by molar-refractivity contribution is 0.0640. The highest BCUT2D eigenvalue weighted by molar-refractivity contribution is 6.18. The van der Waals surface area contributed by atoms with Crippen LogP contribution in [-0.2, 0) is 6.42 Å². The first kappa shape index (κ1) is 20.7.